The average Bonchev–Trinajstić information content (AvgIpc) is 2.59. The highest BCUT2D eigenvalue weighted by Crippen LogP contribution is 2.36. The minimum absolute atomic E-state index is 0.0580. The first-order valence-corrected chi connectivity index (χ1v) is 7.37. The maximum Gasteiger partial charge on any atom is 0.164 e. The van der Waals surface area contributed by atoms with Crippen molar-refractivity contribution in [2.75, 3.05) is 27.9 Å². The van der Waals surface area contributed by atoms with Crippen molar-refractivity contribution in [1.82, 2.24) is 0 Å². The molecule has 2 rings (SSSR count). The third-order valence-corrected chi connectivity index (χ3v) is 3.88. The van der Waals surface area contributed by atoms with Gasteiger partial charge in [0.25, 0.3) is 0 Å². The molecule has 0 aromatic heterocycles. The third-order valence-electron chi connectivity index (χ3n) is 3.88. The summed E-state index contributed by atoms with van der Waals surface area (Å²) in [6.45, 7) is 0.448. The Bertz CT molecular complexity index is 643. The zero-order valence-electron chi connectivity index (χ0n) is 13.6. The van der Waals surface area contributed by atoms with Gasteiger partial charge in [-0.3, -0.25) is 0 Å². The Balaban J connectivity index is 2.34. The number of nitrogens with two attached hydrogens (primary N) is 1. The van der Waals surface area contributed by atoms with E-state index in [9.17, 15) is 4.39 Å². The Morgan fingerprint density at radius 2 is 1.48 bits per heavy atom. The smallest absolute Gasteiger partial charge is 0.164 e. The van der Waals surface area contributed by atoms with E-state index in [0.29, 0.717) is 30.2 Å². The van der Waals surface area contributed by atoms with Crippen molar-refractivity contribution < 1.29 is 18.6 Å². The molecule has 0 saturated carbocycles. The van der Waals surface area contributed by atoms with Crippen LogP contribution in [0.3, 0.4) is 0 Å². The zero-order chi connectivity index (χ0) is 16.8. The molecule has 1 unspecified atom stereocenters. The largest absolute Gasteiger partial charge is 0.496 e. The van der Waals surface area contributed by atoms with Crippen LogP contribution in [0.15, 0.2) is 36.4 Å². The summed E-state index contributed by atoms with van der Waals surface area (Å²) in [5.41, 5.74) is 7.87. The van der Waals surface area contributed by atoms with E-state index >= 15 is 0 Å². The zero-order valence-corrected chi connectivity index (χ0v) is 13.6. The Kier molecular flexibility index (Phi) is 5.82. The Hall–Kier alpha value is -2.27. The number of benzene rings is 2. The van der Waals surface area contributed by atoms with Crippen molar-refractivity contribution in [1.29, 1.82) is 0 Å². The topological polar surface area (TPSA) is 53.7 Å². The summed E-state index contributed by atoms with van der Waals surface area (Å²) >= 11 is 0. The second-order valence-corrected chi connectivity index (χ2v) is 5.21. The van der Waals surface area contributed by atoms with Crippen LogP contribution in [0.1, 0.15) is 17.0 Å². The molecule has 0 spiro atoms. The van der Waals surface area contributed by atoms with Crippen molar-refractivity contribution in [3.63, 3.8) is 0 Å². The summed E-state index contributed by atoms with van der Waals surface area (Å²) in [5, 5.41) is 0. The first-order valence-electron chi connectivity index (χ1n) is 7.37. The van der Waals surface area contributed by atoms with Gasteiger partial charge in [-0.1, -0.05) is 12.1 Å². The Morgan fingerprint density at radius 3 is 2.00 bits per heavy atom. The second-order valence-electron chi connectivity index (χ2n) is 5.21. The number of methoxy groups -OCH3 is 3. The molecule has 124 valence electrons. The van der Waals surface area contributed by atoms with Crippen molar-refractivity contribution in [3.8, 4) is 17.2 Å². The van der Waals surface area contributed by atoms with Crippen molar-refractivity contribution in [2.24, 2.45) is 5.73 Å². The van der Waals surface area contributed by atoms with E-state index < -0.39 is 0 Å². The molecule has 2 aromatic carbocycles. The Labute approximate surface area is 136 Å². The lowest BCUT2D eigenvalue weighted by Gasteiger charge is -2.19. The van der Waals surface area contributed by atoms with E-state index in [2.05, 4.69) is 0 Å². The normalized spacial score (nSPS) is 11.9. The minimum Gasteiger partial charge on any atom is -0.496 e. The molecule has 0 radical (unpaired) electrons. The molecule has 0 heterocycles. The summed E-state index contributed by atoms with van der Waals surface area (Å²) in [5.74, 6) is 1.76. The van der Waals surface area contributed by atoms with E-state index in [-0.39, 0.29) is 11.7 Å². The van der Waals surface area contributed by atoms with Crippen molar-refractivity contribution in [2.45, 2.75) is 12.3 Å². The lowest BCUT2D eigenvalue weighted by molar-refractivity contribution is 0.347. The number of hydrogen-bond acceptors (Lipinski definition) is 4. The van der Waals surface area contributed by atoms with Gasteiger partial charge in [0.1, 0.15) is 11.6 Å². The minimum atomic E-state index is -0.256. The molecule has 0 amide bonds. The fourth-order valence-electron chi connectivity index (χ4n) is 2.59. The molecule has 2 N–H and O–H groups in total. The highest BCUT2D eigenvalue weighted by molar-refractivity contribution is 5.51. The van der Waals surface area contributed by atoms with Gasteiger partial charge in [-0.15, -0.1) is 0 Å². The monoisotopic (exact) mass is 319 g/mol. The summed E-state index contributed by atoms with van der Waals surface area (Å²) in [6.07, 6.45) is 0.658. The molecular weight excluding hydrogens is 297 g/mol. The summed E-state index contributed by atoms with van der Waals surface area (Å²) in [7, 11) is 4.78. The predicted octanol–water partition coefficient (Wildman–Crippen LogP) is 3.14. The quantitative estimate of drug-likeness (QED) is 0.852. The standard InChI is InChI=1S/C18H22FNO3/c1-21-16-10-18(23-3)17(22-2)9-13(16)8-14(11-20)12-4-6-15(19)7-5-12/h4-7,9-10,14H,8,11,20H2,1-3H3. The van der Waals surface area contributed by atoms with E-state index in [4.69, 9.17) is 19.9 Å². The number of ether oxygens (including phenoxy) is 3. The highest BCUT2D eigenvalue weighted by Gasteiger charge is 2.17. The molecule has 23 heavy (non-hydrogen) atoms. The fourth-order valence-corrected chi connectivity index (χ4v) is 2.59. The third kappa shape index (κ3) is 3.93. The Morgan fingerprint density at radius 1 is 0.913 bits per heavy atom. The molecular formula is C18H22FNO3. The molecule has 0 saturated heterocycles. The lowest BCUT2D eigenvalue weighted by atomic mass is 9.91. The van der Waals surface area contributed by atoms with Gasteiger partial charge < -0.3 is 19.9 Å². The molecule has 5 heteroatoms. The van der Waals surface area contributed by atoms with Gasteiger partial charge in [0.2, 0.25) is 0 Å². The van der Waals surface area contributed by atoms with Gasteiger partial charge in [-0.2, -0.15) is 0 Å². The van der Waals surface area contributed by atoms with Crippen molar-refractivity contribution >= 4 is 0 Å². The molecule has 0 aliphatic heterocycles. The van der Waals surface area contributed by atoms with Crippen LogP contribution in [-0.2, 0) is 6.42 Å². The van der Waals surface area contributed by atoms with Crippen molar-refractivity contribution in [3.05, 3.63) is 53.3 Å². The number of halogens is 1. The summed E-state index contributed by atoms with van der Waals surface area (Å²) in [4.78, 5) is 0. The van der Waals surface area contributed by atoms with E-state index in [1.54, 1.807) is 39.5 Å². The first-order chi connectivity index (χ1) is 11.1. The maximum absolute atomic E-state index is 13.1. The molecule has 0 aliphatic rings. The highest BCUT2D eigenvalue weighted by atomic mass is 19.1. The van der Waals surface area contributed by atoms with Crippen LogP contribution in [-0.4, -0.2) is 27.9 Å². The van der Waals surface area contributed by atoms with Crippen LogP contribution in [0.4, 0.5) is 4.39 Å². The van der Waals surface area contributed by atoms with Gasteiger partial charge in [0, 0.05) is 12.0 Å². The lowest BCUT2D eigenvalue weighted by Crippen LogP contribution is -2.15. The number of hydrogen-bond donors (Lipinski definition) is 1. The number of rotatable bonds is 7. The van der Waals surface area contributed by atoms with Gasteiger partial charge in [0.15, 0.2) is 11.5 Å². The van der Waals surface area contributed by atoms with Crippen LogP contribution in [0.2, 0.25) is 0 Å². The molecule has 2 aromatic rings. The molecule has 0 bridgehead atoms. The van der Waals surface area contributed by atoms with Crippen LogP contribution >= 0.6 is 0 Å². The molecule has 0 fully saturated rings. The summed E-state index contributed by atoms with van der Waals surface area (Å²) < 4.78 is 29.2. The first kappa shape index (κ1) is 17.1. The van der Waals surface area contributed by atoms with Gasteiger partial charge in [-0.05, 0) is 42.3 Å². The van der Waals surface area contributed by atoms with Crippen LogP contribution < -0.4 is 19.9 Å². The average molecular weight is 319 g/mol. The van der Waals surface area contributed by atoms with E-state index in [1.807, 2.05) is 6.07 Å². The van der Waals surface area contributed by atoms with Crippen LogP contribution in [0, 0.1) is 5.82 Å². The van der Waals surface area contributed by atoms with E-state index in [1.165, 1.54) is 12.1 Å². The second kappa shape index (κ2) is 7.83. The molecule has 1 atom stereocenters. The van der Waals surface area contributed by atoms with Crippen LogP contribution in [0.25, 0.3) is 0 Å². The van der Waals surface area contributed by atoms with E-state index in [0.717, 1.165) is 11.1 Å². The summed E-state index contributed by atoms with van der Waals surface area (Å²) in [6, 6.07) is 10.1. The molecule has 0 aliphatic carbocycles. The molecule has 4 nitrogen and oxygen atoms in total. The van der Waals surface area contributed by atoms with Gasteiger partial charge >= 0.3 is 0 Å². The maximum atomic E-state index is 13.1. The van der Waals surface area contributed by atoms with Crippen LogP contribution in [0.5, 0.6) is 17.2 Å². The predicted molar refractivity (Wildman–Crippen MR) is 88.0 cm³/mol. The fraction of sp³-hybridized carbons (Fsp3) is 0.333. The van der Waals surface area contributed by atoms with Gasteiger partial charge in [-0.25, -0.2) is 4.39 Å². The SMILES string of the molecule is COc1cc(OC)c(OC)cc1CC(CN)c1ccc(F)cc1. The van der Waals surface area contributed by atoms with Gasteiger partial charge in [0.05, 0.1) is 21.3 Å².